The van der Waals surface area contributed by atoms with Crippen molar-refractivity contribution >= 4 is 33.8 Å². The molecule has 0 radical (unpaired) electrons. The van der Waals surface area contributed by atoms with E-state index in [2.05, 4.69) is 0 Å². The van der Waals surface area contributed by atoms with Crippen LogP contribution in [0.2, 0.25) is 0 Å². The number of aryl methyl sites for hydroxylation is 1. The number of aliphatic carboxylic acids is 1. The van der Waals surface area contributed by atoms with Gasteiger partial charge in [-0.1, -0.05) is 6.92 Å². The van der Waals surface area contributed by atoms with E-state index in [0.717, 1.165) is 15.9 Å². The van der Waals surface area contributed by atoms with Crippen LogP contribution < -0.4 is 11.2 Å². The van der Waals surface area contributed by atoms with E-state index in [-0.39, 0.29) is 25.0 Å². The highest BCUT2D eigenvalue weighted by Gasteiger charge is 2.26. The van der Waals surface area contributed by atoms with Gasteiger partial charge in [0.1, 0.15) is 10.9 Å². The Bertz CT molecular complexity index is 907. The number of fused-ring (bicyclic) bond motifs is 1. The van der Waals surface area contributed by atoms with Crippen molar-refractivity contribution in [3.63, 3.8) is 0 Å². The van der Waals surface area contributed by atoms with Crippen molar-refractivity contribution in [2.24, 2.45) is 0 Å². The zero-order chi connectivity index (χ0) is 18.0. The van der Waals surface area contributed by atoms with E-state index in [0.29, 0.717) is 21.6 Å². The zero-order valence-corrected chi connectivity index (χ0v) is 14.4. The lowest BCUT2D eigenvalue weighted by atomic mass is 10.2. The molecule has 0 aliphatic carbocycles. The monoisotopic (exact) mass is 354 g/mol. The van der Waals surface area contributed by atoms with Gasteiger partial charge in [-0.2, -0.15) is 0 Å². The second kappa shape index (κ2) is 7.10. The molecular formula is C15H18N2O6S. The number of hydrogen-bond acceptors (Lipinski definition) is 6. The maximum Gasteiger partial charge on any atom is 0.332 e. The molecule has 1 atom stereocenters. The van der Waals surface area contributed by atoms with Gasteiger partial charge in [0, 0.05) is 7.11 Å². The van der Waals surface area contributed by atoms with Gasteiger partial charge < -0.3 is 9.84 Å². The SMILES string of the molecule is CCC(C(=O)O)n1c(=O)c2c(C)c(C=O)sc2n(CCOC)c1=O. The maximum absolute atomic E-state index is 12.8. The van der Waals surface area contributed by atoms with Gasteiger partial charge in [0.15, 0.2) is 6.29 Å². The van der Waals surface area contributed by atoms with Crippen LogP contribution in [0, 0.1) is 6.92 Å². The minimum Gasteiger partial charge on any atom is -0.480 e. The third-order valence-corrected chi connectivity index (χ3v) is 5.13. The number of carbonyl (C=O) groups excluding carboxylic acids is 1. The van der Waals surface area contributed by atoms with Crippen molar-refractivity contribution in [3.05, 3.63) is 31.3 Å². The molecule has 130 valence electrons. The van der Waals surface area contributed by atoms with Crippen molar-refractivity contribution in [1.29, 1.82) is 0 Å². The topological polar surface area (TPSA) is 108 Å². The van der Waals surface area contributed by atoms with Gasteiger partial charge in [-0.05, 0) is 18.9 Å². The first-order chi connectivity index (χ1) is 11.4. The van der Waals surface area contributed by atoms with Crippen molar-refractivity contribution < 1.29 is 19.4 Å². The first kappa shape index (κ1) is 18.1. The Morgan fingerprint density at radius 3 is 2.58 bits per heavy atom. The lowest BCUT2D eigenvalue weighted by molar-refractivity contribution is -0.141. The molecule has 0 bridgehead atoms. The number of aromatic nitrogens is 2. The van der Waals surface area contributed by atoms with Gasteiger partial charge in [0.2, 0.25) is 0 Å². The Kier molecular flexibility index (Phi) is 5.35. The summed E-state index contributed by atoms with van der Waals surface area (Å²) in [7, 11) is 1.47. The van der Waals surface area contributed by atoms with Crippen LogP contribution in [0.4, 0.5) is 0 Å². The van der Waals surface area contributed by atoms with E-state index in [4.69, 9.17) is 4.74 Å². The Balaban J connectivity index is 2.96. The van der Waals surface area contributed by atoms with Crippen molar-refractivity contribution in [3.8, 4) is 0 Å². The van der Waals surface area contributed by atoms with E-state index < -0.39 is 23.3 Å². The highest BCUT2D eigenvalue weighted by atomic mass is 32.1. The summed E-state index contributed by atoms with van der Waals surface area (Å²) in [5.74, 6) is -1.25. The first-order valence-electron chi connectivity index (χ1n) is 7.34. The molecule has 0 fully saturated rings. The fourth-order valence-electron chi connectivity index (χ4n) is 2.62. The number of hydrogen-bond donors (Lipinski definition) is 1. The fraction of sp³-hybridized carbons (Fsp3) is 0.467. The van der Waals surface area contributed by atoms with Crippen LogP contribution in [0.5, 0.6) is 0 Å². The average Bonchev–Trinajstić information content (AvgIpc) is 2.87. The van der Waals surface area contributed by atoms with Gasteiger partial charge in [0.05, 0.1) is 23.4 Å². The summed E-state index contributed by atoms with van der Waals surface area (Å²) in [6, 6.07) is -1.26. The number of nitrogens with zero attached hydrogens (tertiary/aromatic N) is 2. The third kappa shape index (κ3) is 2.80. The molecule has 2 aromatic rings. The quantitative estimate of drug-likeness (QED) is 0.744. The predicted molar refractivity (Wildman–Crippen MR) is 89.3 cm³/mol. The van der Waals surface area contributed by atoms with Gasteiger partial charge in [0.25, 0.3) is 5.56 Å². The second-order valence-electron chi connectivity index (χ2n) is 5.25. The van der Waals surface area contributed by atoms with E-state index in [9.17, 15) is 24.3 Å². The normalized spacial score (nSPS) is 12.5. The maximum atomic E-state index is 12.8. The summed E-state index contributed by atoms with van der Waals surface area (Å²) in [5, 5.41) is 9.56. The minimum absolute atomic E-state index is 0.0873. The van der Waals surface area contributed by atoms with E-state index in [1.165, 1.54) is 11.7 Å². The largest absolute Gasteiger partial charge is 0.480 e. The molecule has 0 amide bonds. The summed E-state index contributed by atoms with van der Waals surface area (Å²) in [6.07, 6.45) is 0.716. The second-order valence-corrected chi connectivity index (χ2v) is 6.28. The Morgan fingerprint density at radius 2 is 2.08 bits per heavy atom. The van der Waals surface area contributed by atoms with Crippen LogP contribution in [0.1, 0.15) is 34.6 Å². The number of carboxylic acids is 1. The molecule has 2 rings (SSSR count). The van der Waals surface area contributed by atoms with Crippen LogP contribution >= 0.6 is 11.3 Å². The Hall–Kier alpha value is -2.26. The molecule has 2 aromatic heterocycles. The molecule has 2 heterocycles. The predicted octanol–water partition coefficient (Wildman–Crippen LogP) is 1.03. The minimum atomic E-state index is -1.26. The molecule has 0 aromatic carbocycles. The van der Waals surface area contributed by atoms with E-state index >= 15 is 0 Å². The molecule has 1 N–H and O–H groups in total. The van der Waals surface area contributed by atoms with Crippen molar-refractivity contribution in [2.45, 2.75) is 32.9 Å². The van der Waals surface area contributed by atoms with Gasteiger partial charge in [-0.25, -0.2) is 14.2 Å². The molecule has 24 heavy (non-hydrogen) atoms. The summed E-state index contributed by atoms with van der Waals surface area (Å²) >= 11 is 1.04. The number of thiophene rings is 1. The van der Waals surface area contributed by atoms with Crippen LogP contribution in [-0.2, 0) is 16.1 Å². The average molecular weight is 354 g/mol. The Morgan fingerprint density at radius 1 is 1.42 bits per heavy atom. The van der Waals surface area contributed by atoms with Crippen LogP contribution in [0.3, 0.4) is 0 Å². The number of rotatable bonds is 7. The molecule has 0 spiro atoms. The Labute approximate surface area is 140 Å². The molecule has 9 heteroatoms. The highest BCUT2D eigenvalue weighted by Crippen LogP contribution is 2.26. The smallest absolute Gasteiger partial charge is 0.332 e. The van der Waals surface area contributed by atoms with Gasteiger partial charge >= 0.3 is 11.7 Å². The lowest BCUT2D eigenvalue weighted by Crippen LogP contribution is -2.44. The number of methoxy groups -OCH3 is 1. The molecular weight excluding hydrogens is 336 g/mol. The summed E-state index contributed by atoms with van der Waals surface area (Å²) in [5.41, 5.74) is -0.938. The molecule has 0 aliphatic heterocycles. The molecule has 0 aliphatic rings. The van der Waals surface area contributed by atoms with E-state index in [1.807, 2.05) is 0 Å². The zero-order valence-electron chi connectivity index (χ0n) is 13.6. The number of aldehydes is 1. The van der Waals surface area contributed by atoms with Crippen LogP contribution in [-0.4, -0.2) is 40.2 Å². The van der Waals surface area contributed by atoms with Gasteiger partial charge in [-0.3, -0.25) is 14.2 Å². The molecule has 1 unspecified atom stereocenters. The number of carbonyl (C=O) groups is 2. The van der Waals surface area contributed by atoms with E-state index in [1.54, 1.807) is 13.8 Å². The van der Waals surface area contributed by atoms with Crippen LogP contribution in [0.25, 0.3) is 10.2 Å². The number of ether oxygens (including phenoxy) is 1. The van der Waals surface area contributed by atoms with Gasteiger partial charge in [-0.15, -0.1) is 11.3 Å². The highest BCUT2D eigenvalue weighted by molar-refractivity contribution is 7.20. The number of carboxylic acid groups (broad SMARTS) is 1. The van der Waals surface area contributed by atoms with Crippen molar-refractivity contribution in [2.75, 3.05) is 13.7 Å². The van der Waals surface area contributed by atoms with Crippen molar-refractivity contribution in [1.82, 2.24) is 9.13 Å². The summed E-state index contributed by atoms with van der Waals surface area (Å²) in [4.78, 5) is 48.9. The summed E-state index contributed by atoms with van der Waals surface area (Å²) in [6.45, 7) is 3.57. The standard InChI is InChI=1S/C15H18N2O6S/c1-4-9(14(20)21)17-12(19)11-8(2)10(7-18)24-13(11)16(15(17)22)5-6-23-3/h7,9H,4-6H2,1-3H3,(H,20,21). The third-order valence-electron chi connectivity index (χ3n) is 3.89. The van der Waals surface area contributed by atoms with Crippen LogP contribution in [0.15, 0.2) is 9.59 Å². The summed E-state index contributed by atoms with van der Waals surface area (Å²) < 4.78 is 7.05. The molecule has 8 nitrogen and oxygen atoms in total. The first-order valence-corrected chi connectivity index (χ1v) is 8.15. The lowest BCUT2D eigenvalue weighted by Gasteiger charge is -2.16. The fourth-order valence-corrected chi connectivity index (χ4v) is 3.75. The molecule has 0 saturated heterocycles. The molecule has 0 saturated carbocycles.